The summed E-state index contributed by atoms with van der Waals surface area (Å²) in [5.41, 5.74) is 5.69. The Morgan fingerprint density at radius 3 is 1.63 bits per heavy atom. The Morgan fingerprint density at radius 1 is 0.805 bits per heavy atom. The molecule has 1 atom stereocenters. The minimum Gasteiger partial charge on any atom is -0.381 e. The van der Waals surface area contributed by atoms with Crippen molar-refractivity contribution in [1.29, 1.82) is 0 Å². The molecule has 3 aliphatic rings. The topological polar surface area (TPSA) is 34.1 Å². The lowest BCUT2D eigenvalue weighted by Gasteiger charge is -2.25. The Kier molecular flexibility index (Phi) is 25.3. The van der Waals surface area contributed by atoms with Crippen molar-refractivity contribution in [2.24, 2.45) is 0 Å². The number of nitrogens with zero attached hydrogens (tertiary/aromatic N) is 1. The molecule has 0 spiro atoms. The molecule has 1 aromatic heterocycles. The highest BCUT2D eigenvalue weighted by atomic mass is 16.5. The van der Waals surface area contributed by atoms with Crippen LogP contribution in [0.5, 0.6) is 0 Å². The third-order valence-corrected chi connectivity index (χ3v) is 6.50. The maximum absolute atomic E-state index is 5.07. The number of ether oxygens (including phenoxy) is 1. The second-order valence-corrected chi connectivity index (χ2v) is 9.68. The van der Waals surface area contributed by atoms with Crippen LogP contribution in [-0.4, -0.2) is 24.2 Å². The van der Waals surface area contributed by atoms with Crippen molar-refractivity contribution < 1.29 is 4.74 Å². The average molecular weight is 561 g/mol. The molecule has 1 saturated heterocycles. The normalized spacial score (nSPS) is 17.4. The largest absolute Gasteiger partial charge is 0.381 e. The Labute approximate surface area is 253 Å². The van der Waals surface area contributed by atoms with Crippen molar-refractivity contribution in [1.82, 2.24) is 10.3 Å². The van der Waals surface area contributed by atoms with Gasteiger partial charge in [-0.1, -0.05) is 127 Å². The molecule has 0 amide bonds. The van der Waals surface area contributed by atoms with Crippen LogP contribution in [0.25, 0.3) is 5.70 Å². The molecule has 0 bridgehead atoms. The van der Waals surface area contributed by atoms with Gasteiger partial charge in [-0.2, -0.15) is 0 Å². The summed E-state index contributed by atoms with van der Waals surface area (Å²) in [6, 6.07) is 16.4. The van der Waals surface area contributed by atoms with Crippen molar-refractivity contribution in [3.63, 3.8) is 0 Å². The summed E-state index contributed by atoms with van der Waals surface area (Å²) in [5, 5.41) is 3.50. The highest BCUT2D eigenvalue weighted by Gasteiger charge is 2.17. The first kappa shape index (κ1) is 38.1. The van der Waals surface area contributed by atoms with E-state index in [1.807, 2.05) is 96.3 Å². The maximum Gasteiger partial charge on any atom is 0.0491 e. The van der Waals surface area contributed by atoms with Crippen LogP contribution in [0.2, 0.25) is 0 Å². The molecule has 1 aromatic carbocycles. The summed E-state index contributed by atoms with van der Waals surface area (Å²) < 4.78 is 5.07. The minimum absolute atomic E-state index is 0.255. The molecule has 2 fully saturated rings. The molecule has 5 rings (SSSR count). The van der Waals surface area contributed by atoms with Crippen LogP contribution in [0.15, 0.2) is 96.8 Å². The molecule has 2 aromatic rings. The fourth-order valence-electron chi connectivity index (χ4n) is 4.39. The van der Waals surface area contributed by atoms with Crippen molar-refractivity contribution in [3.05, 3.63) is 108 Å². The molecule has 3 heteroatoms. The van der Waals surface area contributed by atoms with E-state index in [9.17, 15) is 0 Å². The quantitative estimate of drug-likeness (QED) is 0.405. The average Bonchev–Trinajstić information content (AvgIpc) is 3.07. The number of pyridine rings is 1. The zero-order chi connectivity index (χ0) is 30.6. The van der Waals surface area contributed by atoms with Gasteiger partial charge >= 0.3 is 0 Å². The Hall–Kier alpha value is -2.91. The fraction of sp³-hybridized carbons (Fsp3) is 0.500. The van der Waals surface area contributed by atoms with Gasteiger partial charge in [0.1, 0.15) is 0 Å². The third-order valence-electron chi connectivity index (χ3n) is 6.50. The van der Waals surface area contributed by atoms with Crippen molar-refractivity contribution in [2.45, 2.75) is 112 Å². The van der Waals surface area contributed by atoms with Crippen LogP contribution in [0, 0.1) is 6.92 Å². The number of dihydropyridines is 1. The first-order valence-electron chi connectivity index (χ1n) is 16.1. The lowest BCUT2D eigenvalue weighted by Crippen LogP contribution is -2.29. The number of hydrogen-bond donors (Lipinski definition) is 1. The summed E-state index contributed by atoms with van der Waals surface area (Å²) in [4.78, 5) is 4.35. The van der Waals surface area contributed by atoms with Gasteiger partial charge in [-0.25, -0.2) is 0 Å². The van der Waals surface area contributed by atoms with E-state index in [1.165, 1.54) is 68.9 Å². The van der Waals surface area contributed by atoms with Gasteiger partial charge in [0, 0.05) is 42.4 Å². The Morgan fingerprint density at radius 2 is 1.29 bits per heavy atom. The first-order chi connectivity index (χ1) is 20.2. The predicted molar refractivity (Wildman–Crippen MR) is 183 cm³/mol. The Bertz CT molecular complexity index is 888. The van der Waals surface area contributed by atoms with Crippen LogP contribution < -0.4 is 5.32 Å². The predicted octanol–water partition coefficient (Wildman–Crippen LogP) is 11.0. The van der Waals surface area contributed by atoms with E-state index in [0.717, 1.165) is 30.2 Å². The second-order valence-electron chi connectivity index (χ2n) is 9.68. The molecule has 1 saturated carbocycles. The van der Waals surface area contributed by atoms with Gasteiger partial charge in [-0.05, 0) is 69.4 Å². The number of nitrogens with one attached hydrogen (secondary N) is 1. The smallest absolute Gasteiger partial charge is 0.0491 e. The van der Waals surface area contributed by atoms with Gasteiger partial charge in [-0.15, -0.1) is 0 Å². The summed E-state index contributed by atoms with van der Waals surface area (Å²) >= 11 is 0. The highest BCUT2D eigenvalue weighted by molar-refractivity contribution is 5.71. The van der Waals surface area contributed by atoms with E-state index in [1.54, 1.807) is 0 Å². The molecule has 3 nitrogen and oxygen atoms in total. The van der Waals surface area contributed by atoms with Crippen molar-refractivity contribution in [3.8, 4) is 0 Å². The number of allylic oxidation sites excluding steroid dienone is 4. The van der Waals surface area contributed by atoms with Gasteiger partial charge in [0.25, 0.3) is 0 Å². The van der Waals surface area contributed by atoms with Gasteiger partial charge < -0.3 is 10.1 Å². The highest BCUT2D eigenvalue weighted by Crippen LogP contribution is 2.25. The van der Waals surface area contributed by atoms with Gasteiger partial charge in [0.15, 0.2) is 0 Å². The van der Waals surface area contributed by atoms with E-state index in [-0.39, 0.29) is 6.04 Å². The molecule has 0 radical (unpaired) electrons. The number of hydrogen-bond acceptors (Lipinski definition) is 3. The minimum atomic E-state index is 0.255. The van der Waals surface area contributed by atoms with E-state index >= 15 is 0 Å². The summed E-state index contributed by atoms with van der Waals surface area (Å²) in [6.45, 7) is 20.1. The van der Waals surface area contributed by atoms with Crippen LogP contribution in [-0.2, 0) is 4.74 Å². The number of rotatable bonds is 3. The summed E-state index contributed by atoms with van der Waals surface area (Å²) in [7, 11) is 0. The van der Waals surface area contributed by atoms with E-state index < -0.39 is 0 Å². The van der Waals surface area contributed by atoms with Crippen LogP contribution in [0.4, 0.5) is 0 Å². The first-order valence-corrected chi connectivity index (χ1v) is 16.1. The lowest BCUT2D eigenvalue weighted by atomic mass is 9.94. The number of benzene rings is 1. The van der Waals surface area contributed by atoms with Crippen LogP contribution in [0.3, 0.4) is 0 Å². The van der Waals surface area contributed by atoms with E-state index in [4.69, 9.17) is 4.74 Å². The molecule has 2 aliphatic heterocycles. The standard InChI is InChI=1S/C17H20N2.C6H12.C6H6.C5H10O.2C2H6/c1-5-7-14-10-17(19-13(4)16(14)6-2)15-9-8-12(3)18-11-15;3*1-2-4-6-5-3-1;2*1-2/h5-11,13,19H,2H2,1,3-4H3;1-6H2;1-6H;1-5H2;2*1-2H3/b7-5-;;;;;. The molecular formula is C38H60N2O. The molecule has 41 heavy (non-hydrogen) atoms. The summed E-state index contributed by atoms with van der Waals surface area (Å²) in [5.74, 6) is 0. The number of aryl methyl sites for hydroxylation is 1. The van der Waals surface area contributed by atoms with Gasteiger partial charge in [0.05, 0.1) is 0 Å². The Balaban J connectivity index is 0.000000590. The van der Waals surface area contributed by atoms with Crippen LogP contribution in [0.1, 0.15) is 111 Å². The molecule has 1 N–H and O–H groups in total. The SMILES string of the molecule is C1CCCCC1.C1CCOCC1.C=CC1=C(/C=C\C)C=C(c2ccc(C)nc2)NC1C.CC.CC.c1ccccc1. The molecule has 3 heterocycles. The number of aromatic nitrogens is 1. The molecule has 1 unspecified atom stereocenters. The lowest BCUT2D eigenvalue weighted by molar-refractivity contribution is 0.0968. The third kappa shape index (κ3) is 18.2. The monoisotopic (exact) mass is 560 g/mol. The maximum atomic E-state index is 5.07. The zero-order valence-electron chi connectivity index (χ0n) is 27.4. The van der Waals surface area contributed by atoms with Gasteiger partial charge in [-0.3, -0.25) is 4.98 Å². The van der Waals surface area contributed by atoms with E-state index in [0.29, 0.717) is 0 Å². The molecule has 1 aliphatic carbocycles. The van der Waals surface area contributed by atoms with Gasteiger partial charge in [0.2, 0.25) is 0 Å². The fourth-order valence-corrected chi connectivity index (χ4v) is 4.39. The van der Waals surface area contributed by atoms with E-state index in [2.05, 4.69) is 48.1 Å². The van der Waals surface area contributed by atoms with Crippen LogP contribution >= 0.6 is 0 Å². The molecular weight excluding hydrogens is 500 g/mol. The second kappa shape index (κ2) is 27.3. The van der Waals surface area contributed by atoms with Crippen molar-refractivity contribution >= 4 is 5.70 Å². The molecule has 228 valence electrons. The van der Waals surface area contributed by atoms with Crippen molar-refractivity contribution in [2.75, 3.05) is 13.2 Å². The summed E-state index contributed by atoms with van der Waals surface area (Å²) in [6.07, 6.45) is 23.1. The zero-order valence-corrected chi connectivity index (χ0v) is 27.4.